The van der Waals surface area contributed by atoms with E-state index in [0.717, 1.165) is 32.5 Å². The molecule has 0 bridgehead atoms. The third kappa shape index (κ3) is 6.50. The average molecular weight is 397 g/mol. The van der Waals surface area contributed by atoms with E-state index in [9.17, 15) is 4.79 Å². The van der Waals surface area contributed by atoms with Gasteiger partial charge < -0.3 is 14.8 Å². The number of nitrogens with zero attached hydrogens (tertiary/aromatic N) is 1. The van der Waals surface area contributed by atoms with Crippen LogP contribution in [0.1, 0.15) is 30.9 Å². The van der Waals surface area contributed by atoms with Gasteiger partial charge in [0.25, 0.3) is 5.91 Å². The fraction of sp³-hybridized carbons (Fsp3) is 0.458. The lowest BCUT2D eigenvalue weighted by Gasteiger charge is -2.32. The van der Waals surface area contributed by atoms with E-state index in [1.165, 1.54) is 17.5 Å². The van der Waals surface area contributed by atoms with Crippen molar-refractivity contribution in [2.75, 3.05) is 33.4 Å². The topological polar surface area (TPSA) is 50.8 Å². The number of methoxy groups -OCH3 is 1. The molecular formula is C24H32N2O3. The number of aryl methyl sites for hydroxylation is 1. The highest BCUT2D eigenvalue weighted by molar-refractivity contribution is 5.77. The summed E-state index contributed by atoms with van der Waals surface area (Å²) >= 11 is 0. The first-order chi connectivity index (χ1) is 14.2. The summed E-state index contributed by atoms with van der Waals surface area (Å²) in [7, 11) is 1.59. The Kier molecular flexibility index (Phi) is 7.94. The zero-order valence-electron chi connectivity index (χ0n) is 17.5. The number of carbonyl (C=O) groups is 1. The van der Waals surface area contributed by atoms with E-state index in [2.05, 4.69) is 41.4 Å². The van der Waals surface area contributed by atoms with E-state index in [1.54, 1.807) is 13.2 Å². The summed E-state index contributed by atoms with van der Waals surface area (Å²) in [6.45, 7) is 5.99. The van der Waals surface area contributed by atoms with Crippen molar-refractivity contribution in [1.29, 1.82) is 0 Å². The molecule has 1 aliphatic heterocycles. The monoisotopic (exact) mass is 396 g/mol. The van der Waals surface area contributed by atoms with Crippen LogP contribution in [0.5, 0.6) is 11.5 Å². The van der Waals surface area contributed by atoms with Gasteiger partial charge in [0.2, 0.25) is 0 Å². The van der Waals surface area contributed by atoms with E-state index < -0.39 is 0 Å². The van der Waals surface area contributed by atoms with Crippen molar-refractivity contribution in [2.45, 2.75) is 32.7 Å². The van der Waals surface area contributed by atoms with E-state index in [-0.39, 0.29) is 12.5 Å². The lowest BCUT2D eigenvalue weighted by molar-refractivity contribution is -0.123. The van der Waals surface area contributed by atoms with Gasteiger partial charge in [0.05, 0.1) is 7.11 Å². The van der Waals surface area contributed by atoms with Crippen molar-refractivity contribution in [1.82, 2.24) is 10.2 Å². The molecule has 5 nitrogen and oxygen atoms in total. The standard InChI is InChI=1S/C24H32N2O3/c1-3-19-10-12-20(13-11-19)16-26-14-6-7-21(17-26)15-25-24(27)18-29-23-9-5-4-8-22(23)28-2/h4-5,8-13,21H,3,6-7,14-18H2,1-2H3,(H,25,27). The molecule has 1 N–H and O–H groups in total. The molecule has 1 saturated heterocycles. The number of carbonyl (C=O) groups excluding carboxylic acids is 1. The van der Waals surface area contributed by atoms with Gasteiger partial charge in [-0.3, -0.25) is 9.69 Å². The summed E-state index contributed by atoms with van der Waals surface area (Å²) in [4.78, 5) is 14.7. The molecule has 156 valence electrons. The molecular weight excluding hydrogens is 364 g/mol. The smallest absolute Gasteiger partial charge is 0.257 e. The number of hydrogen-bond acceptors (Lipinski definition) is 4. The Hall–Kier alpha value is -2.53. The van der Waals surface area contributed by atoms with Crippen molar-refractivity contribution in [3.8, 4) is 11.5 Å². The number of likely N-dealkylation sites (tertiary alicyclic amines) is 1. The highest BCUT2D eigenvalue weighted by Crippen LogP contribution is 2.25. The van der Waals surface area contributed by atoms with Crippen LogP contribution >= 0.6 is 0 Å². The molecule has 1 atom stereocenters. The second-order valence-electron chi connectivity index (χ2n) is 7.66. The van der Waals surface area contributed by atoms with Crippen LogP contribution in [0.15, 0.2) is 48.5 Å². The number of benzene rings is 2. The largest absolute Gasteiger partial charge is 0.493 e. The predicted molar refractivity (Wildman–Crippen MR) is 115 cm³/mol. The number of nitrogens with one attached hydrogen (secondary N) is 1. The number of rotatable bonds is 9. The zero-order chi connectivity index (χ0) is 20.5. The Morgan fingerprint density at radius 2 is 1.83 bits per heavy atom. The number of hydrogen-bond donors (Lipinski definition) is 1. The maximum atomic E-state index is 12.2. The molecule has 1 fully saturated rings. The average Bonchev–Trinajstić information content (AvgIpc) is 2.77. The lowest BCUT2D eigenvalue weighted by Crippen LogP contribution is -2.41. The van der Waals surface area contributed by atoms with E-state index in [1.807, 2.05) is 18.2 Å². The molecule has 2 aromatic carbocycles. The molecule has 0 spiro atoms. The molecule has 3 rings (SSSR count). The number of amides is 1. The molecule has 0 saturated carbocycles. The third-order valence-electron chi connectivity index (χ3n) is 5.46. The van der Waals surface area contributed by atoms with Gasteiger partial charge in [-0.15, -0.1) is 0 Å². The van der Waals surface area contributed by atoms with Crippen LogP contribution in [0.3, 0.4) is 0 Å². The van der Waals surface area contributed by atoms with Gasteiger partial charge in [-0.1, -0.05) is 43.3 Å². The Bertz CT molecular complexity index is 776. The number of para-hydroxylation sites is 2. The molecule has 29 heavy (non-hydrogen) atoms. The summed E-state index contributed by atoms with van der Waals surface area (Å²) in [5.74, 6) is 1.61. The first-order valence-electron chi connectivity index (χ1n) is 10.5. The van der Waals surface area contributed by atoms with E-state index in [0.29, 0.717) is 24.0 Å². The second kappa shape index (κ2) is 10.9. The first kappa shape index (κ1) is 21.2. The maximum Gasteiger partial charge on any atom is 0.257 e. The van der Waals surface area contributed by atoms with Gasteiger partial charge >= 0.3 is 0 Å². The predicted octanol–water partition coefficient (Wildman–Crippen LogP) is 3.66. The van der Waals surface area contributed by atoms with Crippen LogP contribution in [0.2, 0.25) is 0 Å². The Balaban J connectivity index is 1.41. The van der Waals surface area contributed by atoms with Gasteiger partial charge in [0.1, 0.15) is 0 Å². The lowest BCUT2D eigenvalue weighted by atomic mass is 9.97. The van der Waals surface area contributed by atoms with Crippen LogP contribution in [0.25, 0.3) is 0 Å². The van der Waals surface area contributed by atoms with Gasteiger partial charge in [0, 0.05) is 19.6 Å². The first-order valence-corrected chi connectivity index (χ1v) is 10.5. The second-order valence-corrected chi connectivity index (χ2v) is 7.66. The minimum absolute atomic E-state index is 0.000580. The molecule has 0 radical (unpaired) electrons. The molecule has 0 aromatic heterocycles. The summed E-state index contributed by atoms with van der Waals surface area (Å²) in [5.41, 5.74) is 2.74. The number of piperidine rings is 1. The fourth-order valence-corrected chi connectivity index (χ4v) is 3.79. The highest BCUT2D eigenvalue weighted by Gasteiger charge is 2.20. The summed E-state index contributed by atoms with van der Waals surface area (Å²) in [5, 5.41) is 3.03. The van der Waals surface area contributed by atoms with E-state index in [4.69, 9.17) is 9.47 Å². The number of ether oxygens (including phenoxy) is 2. The molecule has 2 aromatic rings. The van der Waals surface area contributed by atoms with Crippen LogP contribution in [0.4, 0.5) is 0 Å². The molecule has 1 heterocycles. The third-order valence-corrected chi connectivity index (χ3v) is 5.46. The van der Waals surface area contributed by atoms with Gasteiger partial charge in [0.15, 0.2) is 18.1 Å². The normalized spacial score (nSPS) is 17.0. The zero-order valence-corrected chi connectivity index (χ0v) is 17.5. The van der Waals surface area contributed by atoms with Crippen molar-refractivity contribution in [2.24, 2.45) is 5.92 Å². The quantitative estimate of drug-likeness (QED) is 0.703. The summed E-state index contributed by atoms with van der Waals surface area (Å²) in [6.07, 6.45) is 3.40. The highest BCUT2D eigenvalue weighted by atomic mass is 16.5. The van der Waals surface area contributed by atoms with Gasteiger partial charge in [-0.25, -0.2) is 0 Å². The van der Waals surface area contributed by atoms with Crippen LogP contribution in [-0.4, -0.2) is 44.2 Å². The van der Waals surface area contributed by atoms with Crippen molar-refractivity contribution >= 4 is 5.91 Å². The molecule has 0 aliphatic carbocycles. The minimum Gasteiger partial charge on any atom is -0.493 e. The summed E-state index contributed by atoms with van der Waals surface area (Å²) < 4.78 is 10.8. The van der Waals surface area contributed by atoms with E-state index >= 15 is 0 Å². The molecule has 1 amide bonds. The van der Waals surface area contributed by atoms with Crippen molar-refractivity contribution in [3.05, 3.63) is 59.7 Å². The molecule has 5 heteroatoms. The molecule has 1 unspecified atom stereocenters. The van der Waals surface area contributed by atoms with Crippen molar-refractivity contribution < 1.29 is 14.3 Å². The minimum atomic E-state index is -0.0943. The Morgan fingerprint density at radius 3 is 2.55 bits per heavy atom. The maximum absolute atomic E-state index is 12.2. The van der Waals surface area contributed by atoms with Gasteiger partial charge in [-0.2, -0.15) is 0 Å². The Labute approximate surface area is 174 Å². The fourth-order valence-electron chi connectivity index (χ4n) is 3.79. The van der Waals surface area contributed by atoms with Gasteiger partial charge in [-0.05, 0) is 55.0 Å². The van der Waals surface area contributed by atoms with Crippen LogP contribution < -0.4 is 14.8 Å². The molecule has 1 aliphatic rings. The van der Waals surface area contributed by atoms with Crippen LogP contribution in [-0.2, 0) is 17.8 Å². The SMILES string of the molecule is CCc1ccc(CN2CCCC(CNC(=O)COc3ccccc3OC)C2)cc1. The van der Waals surface area contributed by atoms with Crippen molar-refractivity contribution in [3.63, 3.8) is 0 Å². The van der Waals surface area contributed by atoms with Crippen LogP contribution in [0, 0.1) is 5.92 Å². The summed E-state index contributed by atoms with van der Waals surface area (Å²) in [6, 6.07) is 16.3. The Morgan fingerprint density at radius 1 is 1.10 bits per heavy atom.